The number of anilines is 2. The number of hydrogen-bond acceptors (Lipinski definition) is 6. The predicted molar refractivity (Wildman–Crippen MR) is 103 cm³/mol. The zero-order chi connectivity index (χ0) is 18.8. The van der Waals surface area contributed by atoms with Crippen LogP contribution < -0.4 is 10.6 Å². The summed E-state index contributed by atoms with van der Waals surface area (Å²) in [5.41, 5.74) is 2.42. The molecule has 2 aromatic carbocycles. The highest BCUT2D eigenvalue weighted by molar-refractivity contribution is 7.22. The number of fused-ring (bicyclic) bond motifs is 1. The van der Waals surface area contributed by atoms with Gasteiger partial charge in [0.15, 0.2) is 10.8 Å². The maximum absolute atomic E-state index is 12.4. The molecular formula is C18H14N6O2S. The van der Waals surface area contributed by atoms with Gasteiger partial charge in [-0.1, -0.05) is 34.7 Å². The molecule has 2 aromatic heterocycles. The Balaban J connectivity index is 1.52. The van der Waals surface area contributed by atoms with Crippen molar-refractivity contribution in [3.63, 3.8) is 0 Å². The molecule has 0 aliphatic heterocycles. The molecule has 0 fully saturated rings. The molecule has 8 nitrogen and oxygen atoms in total. The van der Waals surface area contributed by atoms with Crippen LogP contribution in [-0.2, 0) is 4.79 Å². The molecule has 0 unspecified atom stereocenters. The lowest BCUT2D eigenvalue weighted by molar-refractivity contribution is -0.114. The third kappa shape index (κ3) is 3.67. The van der Waals surface area contributed by atoms with Crippen molar-refractivity contribution in [2.24, 2.45) is 0 Å². The van der Waals surface area contributed by atoms with Crippen LogP contribution in [0.15, 0.2) is 54.7 Å². The fourth-order valence-corrected chi connectivity index (χ4v) is 3.40. The van der Waals surface area contributed by atoms with E-state index in [4.69, 9.17) is 0 Å². The van der Waals surface area contributed by atoms with Crippen molar-refractivity contribution in [1.29, 1.82) is 0 Å². The molecule has 2 N–H and O–H groups in total. The van der Waals surface area contributed by atoms with Gasteiger partial charge in [-0.3, -0.25) is 14.9 Å². The number of amides is 2. The monoisotopic (exact) mass is 378 g/mol. The number of hydrogen-bond donors (Lipinski definition) is 2. The Hall–Kier alpha value is -3.59. The Morgan fingerprint density at radius 2 is 1.89 bits per heavy atom. The van der Waals surface area contributed by atoms with Crippen LogP contribution in [0, 0.1) is 0 Å². The van der Waals surface area contributed by atoms with E-state index < -0.39 is 5.91 Å². The van der Waals surface area contributed by atoms with Crippen molar-refractivity contribution in [3.05, 3.63) is 60.4 Å². The Morgan fingerprint density at radius 1 is 1.07 bits per heavy atom. The van der Waals surface area contributed by atoms with Crippen LogP contribution in [0.1, 0.15) is 17.4 Å². The zero-order valence-corrected chi connectivity index (χ0v) is 15.0. The van der Waals surface area contributed by atoms with E-state index in [9.17, 15) is 9.59 Å². The van der Waals surface area contributed by atoms with Crippen LogP contribution in [0.3, 0.4) is 0 Å². The molecule has 0 spiro atoms. The van der Waals surface area contributed by atoms with Crippen molar-refractivity contribution in [2.75, 3.05) is 10.6 Å². The molecule has 0 aliphatic rings. The van der Waals surface area contributed by atoms with Gasteiger partial charge in [0.1, 0.15) is 0 Å². The van der Waals surface area contributed by atoms with Gasteiger partial charge >= 0.3 is 0 Å². The van der Waals surface area contributed by atoms with Crippen LogP contribution in [0.2, 0.25) is 0 Å². The van der Waals surface area contributed by atoms with Crippen LogP contribution in [0.5, 0.6) is 0 Å². The van der Waals surface area contributed by atoms with E-state index in [0.717, 1.165) is 15.9 Å². The first-order valence-corrected chi connectivity index (χ1v) is 8.87. The number of carbonyl (C=O) groups is 2. The minimum atomic E-state index is -0.390. The number of nitrogens with one attached hydrogen (secondary N) is 2. The molecule has 0 atom stereocenters. The SMILES string of the molecule is CC(=O)Nc1ccc2nc(NC(=O)c3cn(-c4ccccc4)nn3)sc2c1. The third-order valence-corrected chi connectivity index (χ3v) is 4.61. The normalized spacial score (nSPS) is 10.7. The summed E-state index contributed by atoms with van der Waals surface area (Å²) in [6.45, 7) is 1.45. The summed E-state index contributed by atoms with van der Waals surface area (Å²) >= 11 is 1.32. The van der Waals surface area contributed by atoms with Crippen molar-refractivity contribution in [1.82, 2.24) is 20.0 Å². The molecule has 134 valence electrons. The molecule has 9 heteroatoms. The van der Waals surface area contributed by atoms with E-state index in [0.29, 0.717) is 10.8 Å². The average Bonchev–Trinajstić information content (AvgIpc) is 3.28. The van der Waals surface area contributed by atoms with Crippen molar-refractivity contribution in [2.45, 2.75) is 6.92 Å². The van der Waals surface area contributed by atoms with E-state index in [2.05, 4.69) is 25.9 Å². The zero-order valence-electron chi connectivity index (χ0n) is 14.2. The minimum absolute atomic E-state index is 0.145. The van der Waals surface area contributed by atoms with Gasteiger partial charge < -0.3 is 5.32 Å². The summed E-state index contributed by atoms with van der Waals surface area (Å²) in [6.07, 6.45) is 1.56. The van der Waals surface area contributed by atoms with Gasteiger partial charge in [0.25, 0.3) is 5.91 Å². The molecule has 0 saturated heterocycles. The lowest BCUT2D eigenvalue weighted by atomic mass is 10.3. The molecule has 4 rings (SSSR count). The highest BCUT2D eigenvalue weighted by atomic mass is 32.1. The molecule has 0 bridgehead atoms. The standard InChI is InChI=1S/C18H14N6O2S/c1-11(25)19-12-7-8-14-16(9-12)27-18(20-14)21-17(26)15-10-24(23-22-15)13-5-3-2-4-6-13/h2-10H,1H3,(H,19,25)(H,20,21,26). The van der Waals surface area contributed by atoms with Gasteiger partial charge in [0.05, 0.1) is 22.1 Å². The largest absolute Gasteiger partial charge is 0.326 e. The quantitative estimate of drug-likeness (QED) is 0.568. The van der Waals surface area contributed by atoms with Crippen molar-refractivity contribution < 1.29 is 9.59 Å². The predicted octanol–water partition coefficient (Wildman–Crippen LogP) is 3.09. The molecule has 0 radical (unpaired) electrons. The van der Waals surface area contributed by atoms with Crippen LogP contribution in [-0.4, -0.2) is 31.8 Å². The summed E-state index contributed by atoms with van der Waals surface area (Å²) in [6, 6.07) is 14.8. The lowest BCUT2D eigenvalue weighted by Gasteiger charge is -1.99. The van der Waals surface area contributed by atoms with Crippen LogP contribution >= 0.6 is 11.3 Å². The highest BCUT2D eigenvalue weighted by Gasteiger charge is 2.14. The maximum Gasteiger partial charge on any atom is 0.279 e. The number of aromatic nitrogens is 4. The molecule has 27 heavy (non-hydrogen) atoms. The second kappa shape index (κ2) is 6.96. The number of carbonyl (C=O) groups excluding carboxylic acids is 2. The molecule has 2 amide bonds. The van der Waals surface area contributed by atoms with Gasteiger partial charge in [-0.15, -0.1) is 5.10 Å². The Morgan fingerprint density at radius 3 is 2.67 bits per heavy atom. The van der Waals surface area contributed by atoms with Gasteiger partial charge in [0.2, 0.25) is 5.91 Å². The summed E-state index contributed by atoms with van der Waals surface area (Å²) in [5.74, 6) is -0.535. The van der Waals surface area contributed by atoms with E-state index in [1.165, 1.54) is 22.9 Å². The molecule has 0 aliphatic carbocycles. The van der Waals surface area contributed by atoms with Crippen molar-refractivity contribution in [3.8, 4) is 5.69 Å². The molecular weight excluding hydrogens is 364 g/mol. The van der Waals surface area contributed by atoms with Gasteiger partial charge in [-0.05, 0) is 30.3 Å². The number of benzene rings is 2. The van der Waals surface area contributed by atoms with Gasteiger partial charge in [0, 0.05) is 12.6 Å². The van der Waals surface area contributed by atoms with Crippen LogP contribution in [0.4, 0.5) is 10.8 Å². The molecule has 4 aromatic rings. The highest BCUT2D eigenvalue weighted by Crippen LogP contribution is 2.28. The minimum Gasteiger partial charge on any atom is -0.326 e. The fraction of sp³-hybridized carbons (Fsp3) is 0.0556. The Kier molecular flexibility index (Phi) is 4.35. The molecule has 0 saturated carbocycles. The van der Waals surface area contributed by atoms with E-state index in [-0.39, 0.29) is 11.6 Å². The van der Waals surface area contributed by atoms with E-state index >= 15 is 0 Å². The second-order valence-corrected chi connectivity index (χ2v) is 6.75. The van der Waals surface area contributed by atoms with Gasteiger partial charge in [-0.2, -0.15) is 0 Å². The first-order valence-electron chi connectivity index (χ1n) is 8.06. The van der Waals surface area contributed by atoms with E-state index in [1.54, 1.807) is 18.3 Å². The first kappa shape index (κ1) is 16.9. The Bertz CT molecular complexity index is 1140. The number of para-hydroxylation sites is 1. The second-order valence-electron chi connectivity index (χ2n) is 5.72. The average molecular weight is 378 g/mol. The smallest absolute Gasteiger partial charge is 0.279 e. The Labute approximate surface area is 157 Å². The number of nitrogens with zero attached hydrogens (tertiary/aromatic N) is 4. The first-order chi connectivity index (χ1) is 13.1. The van der Waals surface area contributed by atoms with Crippen LogP contribution in [0.25, 0.3) is 15.9 Å². The summed E-state index contributed by atoms with van der Waals surface area (Å²) in [7, 11) is 0. The lowest BCUT2D eigenvalue weighted by Crippen LogP contribution is -2.12. The topological polar surface area (TPSA) is 102 Å². The molecule has 2 heterocycles. The number of thiazole rings is 1. The van der Waals surface area contributed by atoms with Gasteiger partial charge in [-0.25, -0.2) is 9.67 Å². The fourth-order valence-electron chi connectivity index (χ4n) is 2.50. The van der Waals surface area contributed by atoms with E-state index in [1.807, 2.05) is 36.4 Å². The van der Waals surface area contributed by atoms with Crippen molar-refractivity contribution >= 4 is 44.2 Å². The number of rotatable bonds is 4. The maximum atomic E-state index is 12.4. The third-order valence-electron chi connectivity index (χ3n) is 3.68. The summed E-state index contributed by atoms with van der Waals surface area (Å²) in [4.78, 5) is 28.0. The summed E-state index contributed by atoms with van der Waals surface area (Å²) in [5, 5.41) is 13.8. The summed E-state index contributed by atoms with van der Waals surface area (Å²) < 4.78 is 2.39.